The molecule has 4 nitrogen and oxygen atoms in total. The number of carbonyl (C=O) groups is 1. The molecule has 148 valence electrons. The van der Waals surface area contributed by atoms with Gasteiger partial charge in [-0.15, -0.1) is 0 Å². The molecule has 1 N–H and O–H groups in total. The van der Waals surface area contributed by atoms with Gasteiger partial charge in [-0.3, -0.25) is 4.79 Å². The molecule has 3 aromatic rings. The van der Waals surface area contributed by atoms with Crippen LogP contribution in [0.4, 0.5) is 0 Å². The van der Waals surface area contributed by atoms with E-state index < -0.39 is 0 Å². The fraction of sp³-hybridized carbons (Fsp3) is 0.0476. The molecule has 0 spiro atoms. The Morgan fingerprint density at radius 1 is 1.00 bits per heavy atom. The molecule has 0 fully saturated rings. The van der Waals surface area contributed by atoms with Gasteiger partial charge in [-0.05, 0) is 91.5 Å². The van der Waals surface area contributed by atoms with Gasteiger partial charge in [-0.25, -0.2) is 5.43 Å². The Bertz CT molecular complexity index is 1020. The van der Waals surface area contributed by atoms with E-state index in [1.165, 1.54) is 0 Å². The zero-order valence-corrected chi connectivity index (χ0v) is 20.3. The zero-order valence-electron chi connectivity index (χ0n) is 14.8. The quantitative estimate of drug-likeness (QED) is 0.245. The summed E-state index contributed by atoms with van der Waals surface area (Å²) in [5.41, 5.74) is 4.82. The standard InChI is InChI=1S/C21H14Br3ClN2O2/c22-16-5-1-13(2-6-16)12-29-20-18(23)9-14(10-19(20)24)11-26-27-21(28)15-3-7-17(25)8-4-15/h1-11H,12H2,(H,27,28)/b26-11-. The van der Waals surface area contributed by atoms with E-state index in [0.29, 0.717) is 22.9 Å². The monoisotopic (exact) mass is 598 g/mol. The summed E-state index contributed by atoms with van der Waals surface area (Å²) in [6.07, 6.45) is 1.56. The summed E-state index contributed by atoms with van der Waals surface area (Å²) in [5.74, 6) is 0.376. The highest BCUT2D eigenvalue weighted by atomic mass is 79.9. The summed E-state index contributed by atoms with van der Waals surface area (Å²) in [5, 5.41) is 4.58. The minimum atomic E-state index is -0.314. The molecule has 0 unspecified atom stereocenters. The number of hydrogen-bond donors (Lipinski definition) is 1. The van der Waals surface area contributed by atoms with Crippen molar-refractivity contribution in [3.8, 4) is 5.75 Å². The third-order valence-corrected chi connectivity index (χ3v) is 5.76. The van der Waals surface area contributed by atoms with Crippen LogP contribution < -0.4 is 10.2 Å². The van der Waals surface area contributed by atoms with Crippen LogP contribution in [0.2, 0.25) is 5.02 Å². The number of hydrogen-bond acceptors (Lipinski definition) is 3. The maximum Gasteiger partial charge on any atom is 0.271 e. The van der Waals surface area contributed by atoms with E-state index >= 15 is 0 Å². The number of amides is 1. The summed E-state index contributed by atoms with van der Waals surface area (Å²) in [4.78, 5) is 12.1. The molecule has 29 heavy (non-hydrogen) atoms. The van der Waals surface area contributed by atoms with Crippen LogP contribution in [0.3, 0.4) is 0 Å². The average molecular weight is 602 g/mol. The molecular formula is C21H14Br3ClN2O2. The van der Waals surface area contributed by atoms with Crippen LogP contribution in [-0.4, -0.2) is 12.1 Å². The highest BCUT2D eigenvalue weighted by Gasteiger charge is 2.09. The minimum Gasteiger partial charge on any atom is -0.487 e. The summed E-state index contributed by atoms with van der Waals surface area (Å²) in [7, 11) is 0. The predicted octanol–water partition coefficient (Wildman–Crippen LogP) is 6.97. The molecule has 3 aromatic carbocycles. The Kier molecular flexibility index (Phi) is 7.89. The highest BCUT2D eigenvalue weighted by Crippen LogP contribution is 2.35. The van der Waals surface area contributed by atoms with Gasteiger partial charge in [0.2, 0.25) is 0 Å². The molecule has 0 aromatic heterocycles. The number of hydrazone groups is 1. The molecule has 0 atom stereocenters. The number of rotatable bonds is 6. The first-order valence-corrected chi connectivity index (χ1v) is 11.1. The maximum absolute atomic E-state index is 12.1. The van der Waals surface area contributed by atoms with Gasteiger partial charge in [0, 0.05) is 15.1 Å². The number of carbonyl (C=O) groups excluding carboxylic acids is 1. The second-order valence-electron chi connectivity index (χ2n) is 5.93. The van der Waals surface area contributed by atoms with Crippen LogP contribution in [0.25, 0.3) is 0 Å². The lowest BCUT2D eigenvalue weighted by molar-refractivity contribution is 0.0955. The topological polar surface area (TPSA) is 50.7 Å². The van der Waals surface area contributed by atoms with Crippen LogP contribution in [0.1, 0.15) is 21.5 Å². The molecule has 0 aliphatic heterocycles. The van der Waals surface area contributed by atoms with Gasteiger partial charge < -0.3 is 4.74 Å². The van der Waals surface area contributed by atoms with E-state index in [9.17, 15) is 4.79 Å². The lowest BCUT2D eigenvalue weighted by Gasteiger charge is -2.11. The fourth-order valence-electron chi connectivity index (χ4n) is 2.36. The molecule has 0 aliphatic carbocycles. The number of halogens is 4. The molecular weight excluding hydrogens is 587 g/mol. The second kappa shape index (κ2) is 10.4. The molecule has 0 saturated carbocycles. The van der Waals surface area contributed by atoms with Crippen LogP contribution in [0, 0.1) is 0 Å². The molecule has 0 bridgehead atoms. The van der Waals surface area contributed by atoms with E-state index in [2.05, 4.69) is 58.3 Å². The van der Waals surface area contributed by atoms with E-state index in [1.54, 1.807) is 30.5 Å². The molecule has 8 heteroatoms. The van der Waals surface area contributed by atoms with Crippen molar-refractivity contribution in [1.82, 2.24) is 5.43 Å². The molecule has 1 amide bonds. The van der Waals surface area contributed by atoms with Gasteiger partial charge >= 0.3 is 0 Å². The van der Waals surface area contributed by atoms with Crippen molar-refractivity contribution >= 4 is 71.5 Å². The van der Waals surface area contributed by atoms with Crippen LogP contribution >= 0.6 is 59.4 Å². The molecule has 0 saturated heterocycles. The molecule has 3 rings (SSSR count). The zero-order chi connectivity index (χ0) is 20.8. The number of nitrogens with zero attached hydrogens (tertiary/aromatic N) is 1. The fourth-order valence-corrected chi connectivity index (χ4v) is 4.20. The number of ether oxygens (including phenoxy) is 1. The Labute approximate surface area is 198 Å². The van der Waals surface area contributed by atoms with Gasteiger partial charge in [-0.2, -0.15) is 5.10 Å². The minimum absolute atomic E-state index is 0.314. The highest BCUT2D eigenvalue weighted by molar-refractivity contribution is 9.11. The van der Waals surface area contributed by atoms with Crippen molar-refractivity contribution in [2.24, 2.45) is 5.10 Å². The lowest BCUT2D eigenvalue weighted by atomic mass is 10.2. The maximum atomic E-state index is 12.1. The largest absolute Gasteiger partial charge is 0.487 e. The van der Waals surface area contributed by atoms with Crippen LogP contribution in [0.5, 0.6) is 5.75 Å². The van der Waals surface area contributed by atoms with Crippen LogP contribution in [0.15, 0.2) is 79.2 Å². The van der Waals surface area contributed by atoms with Crippen molar-refractivity contribution in [2.75, 3.05) is 0 Å². The SMILES string of the molecule is O=C(N/N=C\c1cc(Br)c(OCc2ccc(Br)cc2)c(Br)c1)c1ccc(Cl)cc1. The van der Waals surface area contributed by atoms with E-state index in [-0.39, 0.29) is 5.91 Å². The van der Waals surface area contributed by atoms with Gasteiger partial charge in [0.25, 0.3) is 5.91 Å². The van der Waals surface area contributed by atoms with Crippen LogP contribution in [-0.2, 0) is 6.61 Å². The second-order valence-corrected chi connectivity index (χ2v) is 9.00. The predicted molar refractivity (Wildman–Crippen MR) is 127 cm³/mol. The summed E-state index contributed by atoms with van der Waals surface area (Å²) >= 11 is 16.3. The van der Waals surface area contributed by atoms with Crippen molar-refractivity contribution < 1.29 is 9.53 Å². The normalized spacial score (nSPS) is 10.9. The van der Waals surface area contributed by atoms with Gasteiger partial charge in [0.15, 0.2) is 0 Å². The van der Waals surface area contributed by atoms with E-state index in [0.717, 1.165) is 24.5 Å². The number of nitrogens with one attached hydrogen (secondary N) is 1. The molecule has 0 radical (unpaired) electrons. The first kappa shape index (κ1) is 22.0. The summed E-state index contributed by atoms with van der Waals surface area (Å²) in [6.45, 7) is 0.440. The van der Waals surface area contributed by atoms with E-state index in [4.69, 9.17) is 16.3 Å². The van der Waals surface area contributed by atoms with Gasteiger partial charge in [0.05, 0.1) is 15.2 Å². The Morgan fingerprint density at radius 2 is 1.62 bits per heavy atom. The van der Waals surface area contributed by atoms with Gasteiger partial charge in [0.1, 0.15) is 12.4 Å². The van der Waals surface area contributed by atoms with Crippen molar-refractivity contribution in [1.29, 1.82) is 0 Å². The first-order chi connectivity index (χ1) is 13.9. The van der Waals surface area contributed by atoms with E-state index in [1.807, 2.05) is 36.4 Å². The van der Waals surface area contributed by atoms with Crippen molar-refractivity contribution in [2.45, 2.75) is 6.61 Å². The first-order valence-electron chi connectivity index (χ1n) is 8.37. The van der Waals surface area contributed by atoms with Crippen molar-refractivity contribution in [3.63, 3.8) is 0 Å². The van der Waals surface area contributed by atoms with Crippen molar-refractivity contribution in [3.05, 3.63) is 95.8 Å². The van der Waals surface area contributed by atoms with Gasteiger partial charge in [-0.1, -0.05) is 39.7 Å². The number of benzene rings is 3. The summed E-state index contributed by atoms with van der Waals surface area (Å²) < 4.78 is 8.49. The smallest absolute Gasteiger partial charge is 0.271 e. The average Bonchev–Trinajstić information content (AvgIpc) is 2.69. The Hall–Kier alpha value is -1.67. The molecule has 0 heterocycles. The Balaban J connectivity index is 1.63. The Morgan fingerprint density at radius 3 is 2.24 bits per heavy atom. The third kappa shape index (κ3) is 6.40. The lowest BCUT2D eigenvalue weighted by Crippen LogP contribution is -2.17. The summed E-state index contributed by atoms with van der Waals surface area (Å²) in [6, 6.07) is 18.2. The molecule has 0 aliphatic rings. The third-order valence-electron chi connectivity index (χ3n) is 3.80.